The minimum atomic E-state index is -0.221. The predicted octanol–water partition coefficient (Wildman–Crippen LogP) is 4.35. The summed E-state index contributed by atoms with van der Waals surface area (Å²) in [7, 11) is 0. The van der Waals surface area contributed by atoms with Crippen molar-refractivity contribution in [3.8, 4) is 0 Å². The molecule has 5 nitrogen and oxygen atoms in total. The van der Waals surface area contributed by atoms with E-state index in [0.29, 0.717) is 17.0 Å². The summed E-state index contributed by atoms with van der Waals surface area (Å²) in [5.41, 5.74) is 3.29. The van der Waals surface area contributed by atoms with Crippen molar-refractivity contribution in [3.63, 3.8) is 0 Å². The molecule has 1 aliphatic rings. The van der Waals surface area contributed by atoms with Crippen molar-refractivity contribution in [3.05, 3.63) is 58.6 Å². The van der Waals surface area contributed by atoms with Gasteiger partial charge in [-0.05, 0) is 55.3 Å². The summed E-state index contributed by atoms with van der Waals surface area (Å²) in [6.07, 6.45) is 1.51. The van der Waals surface area contributed by atoms with Crippen LogP contribution in [0.15, 0.2) is 42.5 Å². The Hall–Kier alpha value is -2.53. The van der Waals surface area contributed by atoms with Crippen LogP contribution < -0.4 is 10.2 Å². The first-order valence-electron chi connectivity index (χ1n) is 9.68. The van der Waals surface area contributed by atoms with Gasteiger partial charge in [-0.25, -0.2) is 0 Å². The Bertz CT molecular complexity index is 843. The number of aryl methyl sites for hydroxylation is 1. The van der Waals surface area contributed by atoms with E-state index in [-0.39, 0.29) is 11.8 Å². The smallest absolute Gasteiger partial charge is 0.257 e. The molecule has 6 heteroatoms. The highest BCUT2D eigenvalue weighted by Crippen LogP contribution is 2.22. The Balaban J connectivity index is 1.58. The zero-order valence-electron chi connectivity index (χ0n) is 16.4. The molecule has 0 aromatic heterocycles. The Kier molecular flexibility index (Phi) is 6.57. The second-order valence-electron chi connectivity index (χ2n) is 7.10. The number of hydrogen-bond acceptors (Lipinski definition) is 3. The van der Waals surface area contributed by atoms with Crippen LogP contribution in [0.5, 0.6) is 0 Å². The van der Waals surface area contributed by atoms with Crippen LogP contribution >= 0.6 is 11.6 Å². The van der Waals surface area contributed by atoms with Crippen LogP contribution in [0.25, 0.3) is 0 Å². The highest BCUT2D eigenvalue weighted by molar-refractivity contribution is 6.34. The monoisotopic (exact) mass is 399 g/mol. The molecule has 2 amide bonds. The topological polar surface area (TPSA) is 52.7 Å². The molecular formula is C22H26ClN3O2. The second kappa shape index (κ2) is 9.11. The lowest BCUT2D eigenvalue weighted by Gasteiger charge is -2.36. The molecule has 1 saturated heterocycles. The summed E-state index contributed by atoms with van der Waals surface area (Å²) in [6, 6.07) is 13.2. The van der Waals surface area contributed by atoms with Crippen molar-refractivity contribution in [2.45, 2.75) is 26.7 Å². The summed E-state index contributed by atoms with van der Waals surface area (Å²) in [6.45, 7) is 7.11. The number of rotatable bonds is 5. The minimum absolute atomic E-state index is 0.221. The van der Waals surface area contributed by atoms with E-state index in [4.69, 9.17) is 11.6 Å². The fourth-order valence-electron chi connectivity index (χ4n) is 3.34. The lowest BCUT2D eigenvalue weighted by atomic mass is 10.1. The molecule has 148 valence electrons. The van der Waals surface area contributed by atoms with Crippen LogP contribution in [0.2, 0.25) is 5.02 Å². The molecule has 28 heavy (non-hydrogen) atoms. The first kappa shape index (κ1) is 20.2. The summed E-state index contributed by atoms with van der Waals surface area (Å²) >= 11 is 6.18. The fourth-order valence-corrected chi connectivity index (χ4v) is 3.67. The van der Waals surface area contributed by atoms with Crippen molar-refractivity contribution in [2.24, 2.45) is 0 Å². The molecule has 0 bridgehead atoms. The highest BCUT2D eigenvalue weighted by Gasteiger charge is 2.20. The summed E-state index contributed by atoms with van der Waals surface area (Å²) in [5.74, 6) is 0.0239. The SMILES string of the molecule is CCCC(=O)N1CCN(c2ccc(NC(=O)c3ccc(C)cc3Cl)cc2)CC1. The van der Waals surface area contributed by atoms with Gasteiger partial charge in [-0.1, -0.05) is 24.6 Å². The van der Waals surface area contributed by atoms with Crippen molar-refractivity contribution >= 4 is 34.8 Å². The van der Waals surface area contributed by atoms with E-state index in [2.05, 4.69) is 10.2 Å². The molecule has 0 saturated carbocycles. The number of piperazine rings is 1. The largest absolute Gasteiger partial charge is 0.368 e. The van der Waals surface area contributed by atoms with E-state index < -0.39 is 0 Å². The number of anilines is 2. The number of benzene rings is 2. The van der Waals surface area contributed by atoms with Gasteiger partial charge < -0.3 is 15.1 Å². The Labute approximate surface area is 171 Å². The Morgan fingerprint density at radius 3 is 2.32 bits per heavy atom. The fraction of sp³-hybridized carbons (Fsp3) is 0.364. The lowest BCUT2D eigenvalue weighted by Crippen LogP contribution is -2.48. The van der Waals surface area contributed by atoms with Gasteiger partial charge in [-0.3, -0.25) is 9.59 Å². The molecule has 3 rings (SSSR count). The summed E-state index contributed by atoms with van der Waals surface area (Å²) < 4.78 is 0. The maximum absolute atomic E-state index is 12.4. The third-order valence-electron chi connectivity index (χ3n) is 4.96. The molecule has 2 aromatic carbocycles. The number of nitrogens with one attached hydrogen (secondary N) is 1. The van der Waals surface area contributed by atoms with Gasteiger partial charge in [0.2, 0.25) is 5.91 Å². The Morgan fingerprint density at radius 2 is 1.71 bits per heavy atom. The van der Waals surface area contributed by atoms with E-state index in [1.807, 2.05) is 49.1 Å². The van der Waals surface area contributed by atoms with Gasteiger partial charge in [0.25, 0.3) is 5.91 Å². The number of hydrogen-bond donors (Lipinski definition) is 1. The van der Waals surface area contributed by atoms with Gasteiger partial charge in [-0.2, -0.15) is 0 Å². The van der Waals surface area contributed by atoms with Crippen LogP contribution in [0.4, 0.5) is 11.4 Å². The zero-order valence-corrected chi connectivity index (χ0v) is 17.1. The van der Waals surface area contributed by atoms with Gasteiger partial charge in [0.15, 0.2) is 0 Å². The number of amides is 2. The molecule has 0 atom stereocenters. The highest BCUT2D eigenvalue weighted by atomic mass is 35.5. The number of halogens is 1. The number of carbonyl (C=O) groups excluding carboxylic acids is 2. The van der Waals surface area contributed by atoms with E-state index in [1.54, 1.807) is 12.1 Å². The quantitative estimate of drug-likeness (QED) is 0.813. The van der Waals surface area contributed by atoms with Gasteiger partial charge in [0.1, 0.15) is 0 Å². The minimum Gasteiger partial charge on any atom is -0.368 e. The van der Waals surface area contributed by atoms with E-state index in [0.717, 1.165) is 49.5 Å². The number of carbonyl (C=O) groups is 2. The van der Waals surface area contributed by atoms with Gasteiger partial charge in [0, 0.05) is 44.0 Å². The van der Waals surface area contributed by atoms with Crippen molar-refractivity contribution < 1.29 is 9.59 Å². The molecule has 1 aliphatic heterocycles. The maximum Gasteiger partial charge on any atom is 0.257 e. The second-order valence-corrected chi connectivity index (χ2v) is 7.51. The van der Waals surface area contributed by atoms with Gasteiger partial charge in [-0.15, -0.1) is 0 Å². The molecule has 2 aromatic rings. The maximum atomic E-state index is 12.4. The molecule has 0 unspecified atom stereocenters. The van der Waals surface area contributed by atoms with Gasteiger partial charge in [0.05, 0.1) is 10.6 Å². The van der Waals surface area contributed by atoms with Crippen LogP contribution in [-0.2, 0) is 4.79 Å². The molecule has 1 N–H and O–H groups in total. The van der Waals surface area contributed by atoms with Crippen LogP contribution in [0.3, 0.4) is 0 Å². The van der Waals surface area contributed by atoms with E-state index in [1.165, 1.54) is 0 Å². The van der Waals surface area contributed by atoms with E-state index >= 15 is 0 Å². The average molecular weight is 400 g/mol. The summed E-state index contributed by atoms with van der Waals surface area (Å²) in [4.78, 5) is 28.7. The van der Waals surface area contributed by atoms with Crippen LogP contribution in [-0.4, -0.2) is 42.9 Å². The first-order chi connectivity index (χ1) is 13.5. The lowest BCUT2D eigenvalue weighted by molar-refractivity contribution is -0.131. The normalized spacial score (nSPS) is 14.1. The van der Waals surface area contributed by atoms with Crippen molar-refractivity contribution in [1.82, 2.24) is 4.90 Å². The molecule has 0 aliphatic carbocycles. The molecular weight excluding hydrogens is 374 g/mol. The van der Waals surface area contributed by atoms with E-state index in [9.17, 15) is 9.59 Å². The predicted molar refractivity (Wildman–Crippen MR) is 114 cm³/mol. The molecule has 0 radical (unpaired) electrons. The first-order valence-corrected chi connectivity index (χ1v) is 10.1. The Morgan fingerprint density at radius 1 is 1.04 bits per heavy atom. The average Bonchev–Trinajstić information content (AvgIpc) is 2.69. The van der Waals surface area contributed by atoms with Crippen molar-refractivity contribution in [2.75, 3.05) is 36.4 Å². The molecule has 1 fully saturated rings. The van der Waals surface area contributed by atoms with Crippen LogP contribution in [0.1, 0.15) is 35.7 Å². The standard InChI is InChI=1S/C22H26ClN3O2/c1-3-4-21(27)26-13-11-25(12-14-26)18-8-6-17(7-9-18)24-22(28)19-10-5-16(2)15-20(19)23/h5-10,15H,3-4,11-14H2,1-2H3,(H,24,28). The summed E-state index contributed by atoms with van der Waals surface area (Å²) in [5, 5.41) is 3.34. The molecule has 0 spiro atoms. The zero-order chi connectivity index (χ0) is 20.1. The van der Waals surface area contributed by atoms with Crippen molar-refractivity contribution in [1.29, 1.82) is 0 Å². The molecule has 1 heterocycles. The number of nitrogens with zero attached hydrogens (tertiary/aromatic N) is 2. The van der Waals surface area contributed by atoms with Crippen LogP contribution in [0, 0.1) is 6.92 Å². The van der Waals surface area contributed by atoms with Gasteiger partial charge >= 0.3 is 0 Å². The third-order valence-corrected chi connectivity index (χ3v) is 5.27. The third kappa shape index (κ3) is 4.84.